The Morgan fingerprint density at radius 3 is 2.20 bits per heavy atom. The van der Waals surface area contributed by atoms with E-state index in [1.165, 1.54) is 18.5 Å². The maximum Gasteiger partial charge on any atom is 0.183 e. The summed E-state index contributed by atoms with van der Waals surface area (Å²) in [7, 11) is 0. The van der Waals surface area contributed by atoms with Crippen LogP contribution in [0.3, 0.4) is 0 Å². The van der Waals surface area contributed by atoms with Crippen molar-refractivity contribution in [3.8, 4) is 0 Å². The van der Waals surface area contributed by atoms with E-state index in [1.807, 2.05) is 78.4 Å². The predicted molar refractivity (Wildman–Crippen MR) is 164 cm³/mol. The lowest BCUT2D eigenvalue weighted by Gasteiger charge is -2.32. The fraction of sp³-hybridized carbons (Fsp3) is 0.314. The van der Waals surface area contributed by atoms with Gasteiger partial charge in [0.25, 0.3) is 0 Å². The second-order valence-electron chi connectivity index (χ2n) is 11.1. The zero-order valence-electron chi connectivity index (χ0n) is 23.8. The smallest absolute Gasteiger partial charge is 0.183 e. The van der Waals surface area contributed by atoms with Gasteiger partial charge in [0, 0.05) is 61.3 Å². The maximum atomic E-state index is 13.0. The first-order valence-corrected chi connectivity index (χ1v) is 14.4. The van der Waals surface area contributed by atoms with E-state index in [1.54, 1.807) is 0 Å². The summed E-state index contributed by atoms with van der Waals surface area (Å²) in [6.07, 6.45) is 5.16. The standard InChI is InChI=1S/C35H39N3O2/c1-4-37-19-5-6-33(37)35(40)23-27-7-12-30(13-8-27)36-32-16-9-28(22-26(32)3)24-34(39)29-10-14-31(15-11-29)38-20-17-25(2)18-21-38/h5-16,19,22,25,36H,4,17-18,20-21,23-24H2,1-3H3. The first-order chi connectivity index (χ1) is 19.4. The van der Waals surface area contributed by atoms with Crippen LogP contribution in [0.2, 0.25) is 0 Å². The number of nitrogens with one attached hydrogen (secondary N) is 1. The minimum Gasteiger partial charge on any atom is -0.372 e. The summed E-state index contributed by atoms with van der Waals surface area (Å²) in [6.45, 7) is 9.38. The Morgan fingerprint density at radius 2 is 1.52 bits per heavy atom. The van der Waals surface area contributed by atoms with Crippen molar-refractivity contribution in [2.24, 2.45) is 5.92 Å². The van der Waals surface area contributed by atoms with Crippen LogP contribution in [-0.4, -0.2) is 29.2 Å². The predicted octanol–water partition coefficient (Wildman–Crippen LogP) is 7.65. The molecule has 0 atom stereocenters. The molecular weight excluding hydrogens is 494 g/mol. The number of aromatic nitrogens is 1. The number of carbonyl (C=O) groups is 2. The van der Waals surface area contributed by atoms with Crippen molar-refractivity contribution >= 4 is 28.6 Å². The van der Waals surface area contributed by atoms with Crippen molar-refractivity contribution in [3.63, 3.8) is 0 Å². The van der Waals surface area contributed by atoms with Gasteiger partial charge in [0.2, 0.25) is 0 Å². The Labute approximate surface area is 237 Å². The van der Waals surface area contributed by atoms with Gasteiger partial charge in [-0.15, -0.1) is 0 Å². The first-order valence-electron chi connectivity index (χ1n) is 14.4. The summed E-state index contributed by atoms with van der Waals surface area (Å²) < 4.78 is 1.98. The number of hydrogen-bond acceptors (Lipinski definition) is 4. The van der Waals surface area contributed by atoms with Gasteiger partial charge >= 0.3 is 0 Å². The molecule has 1 fully saturated rings. The molecule has 1 aliphatic heterocycles. The normalized spacial score (nSPS) is 13.8. The molecule has 0 bridgehead atoms. The van der Waals surface area contributed by atoms with E-state index in [4.69, 9.17) is 0 Å². The Hall–Kier alpha value is -4.12. The van der Waals surface area contributed by atoms with E-state index in [2.05, 4.69) is 42.3 Å². The molecule has 0 spiro atoms. The lowest BCUT2D eigenvalue weighted by Crippen LogP contribution is -2.32. The second kappa shape index (κ2) is 12.4. The zero-order chi connectivity index (χ0) is 28.1. The number of nitrogens with zero attached hydrogens (tertiary/aromatic N) is 2. The van der Waals surface area contributed by atoms with Crippen molar-refractivity contribution < 1.29 is 9.59 Å². The quantitative estimate of drug-likeness (QED) is 0.213. The number of carbonyl (C=O) groups excluding carboxylic acids is 2. The lowest BCUT2D eigenvalue weighted by molar-refractivity contribution is 0.0979. The molecule has 1 aromatic heterocycles. The summed E-state index contributed by atoms with van der Waals surface area (Å²) in [5, 5.41) is 3.47. The molecule has 0 radical (unpaired) electrons. The Morgan fingerprint density at radius 1 is 0.850 bits per heavy atom. The fourth-order valence-electron chi connectivity index (χ4n) is 5.47. The third kappa shape index (κ3) is 6.53. The lowest BCUT2D eigenvalue weighted by atomic mass is 9.98. The molecule has 0 amide bonds. The molecule has 5 heteroatoms. The van der Waals surface area contributed by atoms with Gasteiger partial charge in [-0.1, -0.05) is 31.2 Å². The molecule has 0 saturated carbocycles. The van der Waals surface area contributed by atoms with Gasteiger partial charge in [-0.3, -0.25) is 9.59 Å². The third-order valence-corrected chi connectivity index (χ3v) is 8.05. The molecule has 206 valence electrons. The van der Waals surface area contributed by atoms with Crippen molar-refractivity contribution in [3.05, 3.63) is 113 Å². The van der Waals surface area contributed by atoms with Crippen LogP contribution in [0.25, 0.3) is 0 Å². The van der Waals surface area contributed by atoms with E-state index in [9.17, 15) is 9.59 Å². The molecule has 3 aromatic carbocycles. The van der Waals surface area contributed by atoms with Crippen LogP contribution in [0.1, 0.15) is 64.2 Å². The van der Waals surface area contributed by atoms with E-state index < -0.39 is 0 Å². The molecule has 5 nitrogen and oxygen atoms in total. The number of anilines is 3. The van der Waals surface area contributed by atoms with E-state index in [0.717, 1.165) is 64.9 Å². The maximum absolute atomic E-state index is 13.0. The van der Waals surface area contributed by atoms with Crippen LogP contribution in [0.15, 0.2) is 85.1 Å². The summed E-state index contributed by atoms with van der Waals surface area (Å²) in [5.41, 5.74) is 7.76. The zero-order valence-corrected chi connectivity index (χ0v) is 23.8. The van der Waals surface area contributed by atoms with E-state index >= 15 is 0 Å². The highest BCUT2D eigenvalue weighted by Crippen LogP contribution is 2.25. The Bertz CT molecular complexity index is 1460. The van der Waals surface area contributed by atoms with Gasteiger partial charge in [-0.2, -0.15) is 0 Å². The van der Waals surface area contributed by atoms with Gasteiger partial charge < -0.3 is 14.8 Å². The third-order valence-electron chi connectivity index (χ3n) is 8.05. The molecule has 1 saturated heterocycles. The van der Waals surface area contributed by atoms with Crippen molar-refractivity contribution in [2.75, 3.05) is 23.3 Å². The summed E-state index contributed by atoms with van der Waals surface area (Å²) in [5.74, 6) is 1.06. The van der Waals surface area contributed by atoms with Crippen LogP contribution in [0, 0.1) is 12.8 Å². The molecule has 4 aromatic rings. The highest BCUT2D eigenvalue weighted by Gasteiger charge is 2.17. The Balaban J connectivity index is 1.16. The largest absolute Gasteiger partial charge is 0.372 e. The SMILES string of the molecule is CCn1cccc1C(=O)Cc1ccc(Nc2ccc(CC(=O)c3ccc(N4CCC(C)CC4)cc3)cc2C)cc1. The molecule has 1 aliphatic rings. The average molecular weight is 534 g/mol. The highest BCUT2D eigenvalue weighted by molar-refractivity contribution is 5.98. The average Bonchev–Trinajstić information content (AvgIpc) is 3.45. The van der Waals surface area contributed by atoms with Crippen LogP contribution >= 0.6 is 0 Å². The number of hydrogen-bond donors (Lipinski definition) is 1. The number of piperidine rings is 1. The molecular formula is C35H39N3O2. The number of benzene rings is 3. The summed E-state index contributed by atoms with van der Waals surface area (Å²) in [4.78, 5) is 28.1. The minimum atomic E-state index is 0.126. The molecule has 0 unspecified atom stereocenters. The van der Waals surface area contributed by atoms with Crippen molar-refractivity contribution in [2.45, 2.75) is 53.0 Å². The topological polar surface area (TPSA) is 54.3 Å². The van der Waals surface area contributed by atoms with Crippen LogP contribution in [0.5, 0.6) is 0 Å². The van der Waals surface area contributed by atoms with Gasteiger partial charge in [-0.25, -0.2) is 0 Å². The molecule has 1 N–H and O–H groups in total. The summed E-state index contributed by atoms with van der Waals surface area (Å²) in [6, 6.07) is 26.1. The van der Waals surface area contributed by atoms with E-state index in [0.29, 0.717) is 12.8 Å². The number of aryl methyl sites for hydroxylation is 2. The summed E-state index contributed by atoms with van der Waals surface area (Å²) >= 11 is 0. The molecule has 40 heavy (non-hydrogen) atoms. The van der Waals surface area contributed by atoms with Gasteiger partial charge in [-0.05, 0) is 104 Å². The fourth-order valence-corrected chi connectivity index (χ4v) is 5.47. The van der Waals surface area contributed by atoms with Crippen molar-refractivity contribution in [1.29, 1.82) is 0 Å². The number of Topliss-reactive ketones (excluding diaryl/α,β-unsaturated/α-hetero) is 2. The van der Waals surface area contributed by atoms with Crippen LogP contribution in [0.4, 0.5) is 17.1 Å². The second-order valence-corrected chi connectivity index (χ2v) is 11.1. The molecule has 0 aliphatic carbocycles. The minimum absolute atomic E-state index is 0.126. The van der Waals surface area contributed by atoms with E-state index in [-0.39, 0.29) is 11.6 Å². The van der Waals surface area contributed by atoms with Crippen LogP contribution in [-0.2, 0) is 19.4 Å². The number of ketones is 2. The van der Waals surface area contributed by atoms with Gasteiger partial charge in [0.15, 0.2) is 11.6 Å². The van der Waals surface area contributed by atoms with Gasteiger partial charge in [0.05, 0.1) is 5.69 Å². The highest BCUT2D eigenvalue weighted by atomic mass is 16.1. The number of rotatable bonds is 10. The van der Waals surface area contributed by atoms with Crippen molar-refractivity contribution in [1.82, 2.24) is 4.57 Å². The van der Waals surface area contributed by atoms with Crippen LogP contribution < -0.4 is 10.2 Å². The molecule has 2 heterocycles. The Kier molecular flexibility index (Phi) is 8.49. The first kappa shape index (κ1) is 27.4. The molecule has 5 rings (SSSR count). The monoisotopic (exact) mass is 533 g/mol. The van der Waals surface area contributed by atoms with Gasteiger partial charge in [0.1, 0.15) is 0 Å².